The summed E-state index contributed by atoms with van der Waals surface area (Å²) in [6.07, 6.45) is -4.41. The van der Waals surface area contributed by atoms with E-state index in [0.29, 0.717) is 30.2 Å². The third kappa shape index (κ3) is 3.68. The number of sulfonamides is 1. The van der Waals surface area contributed by atoms with Crippen molar-refractivity contribution in [2.75, 3.05) is 31.1 Å². The number of aryl methyl sites for hydroxylation is 2. The molecule has 0 bridgehead atoms. The summed E-state index contributed by atoms with van der Waals surface area (Å²) in [4.78, 5) is 1.97. The fourth-order valence-electron chi connectivity index (χ4n) is 3.32. The van der Waals surface area contributed by atoms with Gasteiger partial charge in [-0.1, -0.05) is 6.07 Å². The first kappa shape index (κ1) is 19.7. The second-order valence-corrected chi connectivity index (χ2v) is 8.44. The molecular formula is C17H21F3N4O2S. The molecule has 2 heterocycles. The van der Waals surface area contributed by atoms with Gasteiger partial charge < -0.3 is 4.90 Å². The molecule has 1 saturated heterocycles. The lowest BCUT2D eigenvalue weighted by molar-refractivity contribution is -0.137. The molecule has 148 valence electrons. The molecule has 0 atom stereocenters. The Balaban J connectivity index is 1.78. The van der Waals surface area contributed by atoms with Crippen LogP contribution in [0.5, 0.6) is 0 Å². The largest absolute Gasteiger partial charge is 0.416 e. The third-order valence-corrected chi connectivity index (χ3v) is 6.97. The highest BCUT2D eigenvalue weighted by molar-refractivity contribution is 7.89. The molecule has 1 aliphatic heterocycles. The molecule has 0 amide bonds. The van der Waals surface area contributed by atoms with Gasteiger partial charge >= 0.3 is 6.18 Å². The zero-order valence-corrected chi connectivity index (χ0v) is 16.1. The molecule has 0 aliphatic carbocycles. The molecule has 1 aromatic carbocycles. The predicted molar refractivity (Wildman–Crippen MR) is 95.1 cm³/mol. The third-order valence-electron chi connectivity index (χ3n) is 4.82. The summed E-state index contributed by atoms with van der Waals surface area (Å²) in [6, 6.07) is 5.09. The van der Waals surface area contributed by atoms with Crippen LogP contribution in [0.15, 0.2) is 29.2 Å². The van der Waals surface area contributed by atoms with Crippen LogP contribution in [-0.2, 0) is 23.2 Å². The first-order valence-electron chi connectivity index (χ1n) is 8.44. The lowest BCUT2D eigenvalue weighted by Crippen LogP contribution is -2.48. The van der Waals surface area contributed by atoms with Crippen molar-refractivity contribution in [2.24, 2.45) is 7.05 Å². The number of rotatable bonds is 3. The maximum atomic E-state index is 13.0. The molecule has 1 aliphatic rings. The van der Waals surface area contributed by atoms with Crippen molar-refractivity contribution >= 4 is 15.7 Å². The molecule has 0 radical (unpaired) electrons. The van der Waals surface area contributed by atoms with E-state index in [1.54, 1.807) is 31.9 Å². The summed E-state index contributed by atoms with van der Waals surface area (Å²) in [5, 5.41) is 4.16. The lowest BCUT2D eigenvalue weighted by Gasteiger charge is -2.35. The van der Waals surface area contributed by atoms with Crippen molar-refractivity contribution in [3.8, 4) is 0 Å². The fourth-order valence-corrected chi connectivity index (χ4v) is 5.14. The van der Waals surface area contributed by atoms with Gasteiger partial charge in [0.15, 0.2) is 0 Å². The van der Waals surface area contributed by atoms with E-state index in [9.17, 15) is 21.6 Å². The van der Waals surface area contributed by atoms with Crippen LogP contribution in [0, 0.1) is 13.8 Å². The van der Waals surface area contributed by atoms with Gasteiger partial charge in [-0.2, -0.15) is 22.6 Å². The van der Waals surface area contributed by atoms with E-state index in [-0.39, 0.29) is 18.0 Å². The van der Waals surface area contributed by atoms with Crippen LogP contribution in [0.3, 0.4) is 0 Å². The summed E-state index contributed by atoms with van der Waals surface area (Å²) >= 11 is 0. The summed E-state index contributed by atoms with van der Waals surface area (Å²) in [6.45, 7) is 4.39. The number of benzene rings is 1. The Bertz CT molecular complexity index is 946. The van der Waals surface area contributed by atoms with Gasteiger partial charge in [0.2, 0.25) is 10.0 Å². The SMILES string of the molecule is Cc1nn(C)c(C)c1S(=O)(=O)N1CCN(c2cccc(C(F)(F)F)c2)CC1. The Kier molecular flexibility index (Phi) is 4.98. The topological polar surface area (TPSA) is 58.4 Å². The number of halogens is 3. The Hall–Kier alpha value is -2.07. The van der Waals surface area contributed by atoms with Gasteiger partial charge in [-0.15, -0.1) is 0 Å². The van der Waals surface area contributed by atoms with Gasteiger partial charge in [0.05, 0.1) is 17.0 Å². The van der Waals surface area contributed by atoms with E-state index in [4.69, 9.17) is 0 Å². The molecule has 0 unspecified atom stereocenters. The minimum absolute atomic E-state index is 0.201. The number of anilines is 1. The molecule has 10 heteroatoms. The summed E-state index contributed by atoms with van der Waals surface area (Å²) in [7, 11) is -2.01. The van der Waals surface area contributed by atoms with E-state index in [2.05, 4.69) is 5.10 Å². The monoisotopic (exact) mass is 402 g/mol. The highest BCUT2D eigenvalue weighted by Gasteiger charge is 2.34. The average molecular weight is 402 g/mol. The molecule has 6 nitrogen and oxygen atoms in total. The van der Waals surface area contributed by atoms with Crippen molar-refractivity contribution in [1.29, 1.82) is 0 Å². The maximum absolute atomic E-state index is 13.0. The van der Waals surface area contributed by atoms with E-state index < -0.39 is 21.8 Å². The van der Waals surface area contributed by atoms with Crippen LogP contribution < -0.4 is 4.90 Å². The van der Waals surface area contributed by atoms with E-state index in [1.165, 1.54) is 15.1 Å². The van der Waals surface area contributed by atoms with Crippen molar-refractivity contribution in [1.82, 2.24) is 14.1 Å². The van der Waals surface area contributed by atoms with Gasteiger partial charge in [-0.3, -0.25) is 4.68 Å². The minimum Gasteiger partial charge on any atom is -0.369 e. The van der Waals surface area contributed by atoms with E-state index >= 15 is 0 Å². The normalized spacial score (nSPS) is 16.7. The molecule has 0 spiro atoms. The lowest BCUT2D eigenvalue weighted by atomic mass is 10.1. The number of alkyl halides is 3. The molecule has 27 heavy (non-hydrogen) atoms. The second-order valence-electron chi connectivity index (χ2n) is 6.56. The summed E-state index contributed by atoms with van der Waals surface area (Å²) in [5.41, 5.74) is 0.732. The van der Waals surface area contributed by atoms with Crippen molar-refractivity contribution in [2.45, 2.75) is 24.9 Å². The molecule has 2 aromatic rings. The summed E-state index contributed by atoms with van der Waals surface area (Å²) in [5.74, 6) is 0. The number of nitrogens with zero attached hydrogens (tertiary/aromatic N) is 4. The number of piperazine rings is 1. The van der Waals surface area contributed by atoms with Gasteiger partial charge in [0.25, 0.3) is 0 Å². The highest BCUT2D eigenvalue weighted by atomic mass is 32.2. The predicted octanol–water partition coefficient (Wildman–Crippen LogP) is 2.57. The first-order chi connectivity index (χ1) is 12.5. The number of hydrogen-bond acceptors (Lipinski definition) is 4. The van der Waals surface area contributed by atoms with Gasteiger partial charge in [0.1, 0.15) is 4.90 Å². The fraction of sp³-hybridized carbons (Fsp3) is 0.471. The van der Waals surface area contributed by atoms with Gasteiger partial charge in [-0.25, -0.2) is 8.42 Å². The van der Waals surface area contributed by atoms with Crippen molar-refractivity contribution in [3.63, 3.8) is 0 Å². The zero-order valence-electron chi connectivity index (χ0n) is 15.3. The van der Waals surface area contributed by atoms with Crippen molar-refractivity contribution < 1.29 is 21.6 Å². The minimum atomic E-state index is -4.41. The highest BCUT2D eigenvalue weighted by Crippen LogP contribution is 2.32. The summed E-state index contributed by atoms with van der Waals surface area (Å²) < 4.78 is 67.6. The molecule has 1 fully saturated rings. The smallest absolute Gasteiger partial charge is 0.369 e. The first-order valence-corrected chi connectivity index (χ1v) is 9.88. The van der Waals surface area contributed by atoms with Crippen LogP contribution in [0.2, 0.25) is 0 Å². The molecular weight excluding hydrogens is 381 g/mol. The molecule has 0 saturated carbocycles. The van der Waals surface area contributed by atoms with Gasteiger partial charge in [-0.05, 0) is 32.0 Å². The quantitative estimate of drug-likeness (QED) is 0.792. The van der Waals surface area contributed by atoms with Crippen LogP contribution in [-0.4, -0.2) is 48.7 Å². The van der Waals surface area contributed by atoms with Crippen LogP contribution in [0.4, 0.5) is 18.9 Å². The maximum Gasteiger partial charge on any atom is 0.416 e. The Morgan fingerprint density at radius 1 is 1.07 bits per heavy atom. The zero-order chi connectivity index (χ0) is 20.0. The Morgan fingerprint density at radius 3 is 2.22 bits per heavy atom. The molecule has 0 N–H and O–H groups in total. The Morgan fingerprint density at radius 2 is 1.70 bits per heavy atom. The molecule has 3 rings (SSSR count). The second kappa shape index (κ2) is 6.83. The van der Waals surface area contributed by atoms with Crippen molar-refractivity contribution in [3.05, 3.63) is 41.2 Å². The molecule has 1 aromatic heterocycles. The van der Waals surface area contributed by atoms with Crippen LogP contribution >= 0.6 is 0 Å². The van der Waals surface area contributed by atoms with E-state index in [0.717, 1.165) is 12.1 Å². The Labute approximate surface area is 156 Å². The van der Waals surface area contributed by atoms with Gasteiger partial charge in [0, 0.05) is 38.9 Å². The van der Waals surface area contributed by atoms with Crippen LogP contribution in [0.25, 0.3) is 0 Å². The van der Waals surface area contributed by atoms with E-state index in [1.807, 2.05) is 0 Å². The average Bonchev–Trinajstić information content (AvgIpc) is 2.87. The number of aromatic nitrogens is 2. The number of hydrogen-bond donors (Lipinski definition) is 0. The standard InChI is InChI=1S/C17H21F3N4O2S/c1-12-16(13(2)22(3)21-12)27(25,26)24-9-7-23(8-10-24)15-6-4-5-14(11-15)17(18,19)20/h4-6,11H,7-10H2,1-3H3. The van der Waals surface area contributed by atoms with Crippen LogP contribution in [0.1, 0.15) is 17.0 Å².